The molecule has 0 bridgehead atoms. The first-order chi connectivity index (χ1) is 13.4. The summed E-state index contributed by atoms with van der Waals surface area (Å²) in [6.45, 7) is 1.45. The maximum absolute atomic E-state index is 12.6. The molecule has 4 rings (SSSR count). The van der Waals surface area contributed by atoms with E-state index in [1.807, 2.05) is 0 Å². The Kier molecular flexibility index (Phi) is 4.68. The number of carboxylic acids is 1. The highest BCUT2D eigenvalue weighted by Gasteiger charge is 2.43. The van der Waals surface area contributed by atoms with Crippen LogP contribution in [0.25, 0.3) is 0 Å². The average Bonchev–Trinajstić information content (AvgIpc) is 3.11. The molecule has 1 saturated heterocycles. The molecule has 0 aliphatic carbocycles. The van der Waals surface area contributed by atoms with Gasteiger partial charge in [-0.25, -0.2) is 9.59 Å². The lowest BCUT2D eigenvalue weighted by Gasteiger charge is -2.43. The van der Waals surface area contributed by atoms with E-state index in [1.54, 1.807) is 11.0 Å². The summed E-state index contributed by atoms with van der Waals surface area (Å²) in [5, 5.41) is 9.28. The van der Waals surface area contributed by atoms with Crippen molar-refractivity contribution in [3.63, 3.8) is 0 Å². The second kappa shape index (κ2) is 7.02. The first-order valence-corrected chi connectivity index (χ1v) is 9.79. The normalized spacial score (nSPS) is 18.1. The highest BCUT2D eigenvalue weighted by Crippen LogP contribution is 2.45. The van der Waals surface area contributed by atoms with Gasteiger partial charge >= 0.3 is 11.7 Å². The van der Waals surface area contributed by atoms with Crippen molar-refractivity contribution < 1.29 is 19.4 Å². The fourth-order valence-corrected chi connectivity index (χ4v) is 5.11. The van der Waals surface area contributed by atoms with Crippen LogP contribution in [0.4, 0.5) is 0 Å². The standard InChI is InChI=1S/C18H19N3O6S/c22-13(8-11-9-19-17(26)20-15(11)23)21-4-2-18(3-5-21)14-10(1-6-27-18)7-12(28-14)16(24)25/h7,9H,1-6,8H2,(H,24,25)(H2,19,20,23,26). The molecular formula is C18H19N3O6S. The number of ether oxygens (including phenoxy) is 1. The van der Waals surface area contributed by atoms with Crippen LogP contribution < -0.4 is 11.2 Å². The summed E-state index contributed by atoms with van der Waals surface area (Å²) in [5.74, 6) is -1.13. The van der Waals surface area contributed by atoms with Gasteiger partial charge in [0.2, 0.25) is 5.91 Å². The van der Waals surface area contributed by atoms with Crippen LogP contribution in [0.1, 0.15) is 38.5 Å². The molecule has 0 unspecified atom stereocenters. The number of rotatable bonds is 3. The minimum Gasteiger partial charge on any atom is -0.477 e. The molecular weight excluding hydrogens is 386 g/mol. The predicted molar refractivity (Wildman–Crippen MR) is 99.8 cm³/mol. The SMILES string of the molecule is O=C(O)c1cc2c(s1)C1(CCN(C(=O)Cc3c[nH]c(=O)[nH]c3=O)CC1)OCC2. The molecule has 2 aliphatic rings. The zero-order chi connectivity index (χ0) is 19.9. The molecule has 28 heavy (non-hydrogen) atoms. The largest absolute Gasteiger partial charge is 0.477 e. The van der Waals surface area contributed by atoms with E-state index in [9.17, 15) is 24.3 Å². The van der Waals surface area contributed by atoms with Crippen LogP contribution in [0.5, 0.6) is 0 Å². The number of hydrogen-bond acceptors (Lipinski definition) is 6. The van der Waals surface area contributed by atoms with E-state index in [4.69, 9.17) is 4.74 Å². The molecule has 3 N–H and O–H groups in total. The van der Waals surface area contributed by atoms with Crippen LogP contribution in [0.3, 0.4) is 0 Å². The number of aromatic nitrogens is 2. The Bertz CT molecular complexity index is 1040. The molecule has 0 atom stereocenters. The number of H-pyrrole nitrogens is 2. The van der Waals surface area contributed by atoms with E-state index < -0.39 is 22.8 Å². The number of amides is 1. The number of likely N-dealkylation sites (tertiary alicyclic amines) is 1. The third kappa shape index (κ3) is 3.29. The second-order valence-corrected chi connectivity index (χ2v) is 8.07. The van der Waals surface area contributed by atoms with E-state index in [-0.39, 0.29) is 17.9 Å². The third-order valence-corrected chi connectivity index (χ3v) is 6.70. The van der Waals surface area contributed by atoms with Gasteiger partial charge < -0.3 is 19.7 Å². The van der Waals surface area contributed by atoms with Crippen LogP contribution in [0.2, 0.25) is 0 Å². The van der Waals surface area contributed by atoms with Gasteiger partial charge in [-0.05, 0) is 30.9 Å². The van der Waals surface area contributed by atoms with Gasteiger partial charge in [0.05, 0.1) is 13.0 Å². The molecule has 4 heterocycles. The molecule has 148 valence electrons. The van der Waals surface area contributed by atoms with Crippen LogP contribution in [-0.4, -0.2) is 51.5 Å². The summed E-state index contributed by atoms with van der Waals surface area (Å²) in [6, 6.07) is 1.73. The first-order valence-electron chi connectivity index (χ1n) is 8.97. The summed E-state index contributed by atoms with van der Waals surface area (Å²) in [6.07, 6.45) is 3.02. The summed E-state index contributed by atoms with van der Waals surface area (Å²) in [4.78, 5) is 54.2. The number of nitrogens with zero attached hydrogens (tertiary/aromatic N) is 1. The number of aromatic carboxylic acids is 1. The van der Waals surface area contributed by atoms with Crippen molar-refractivity contribution in [2.75, 3.05) is 19.7 Å². The lowest BCUT2D eigenvalue weighted by Crippen LogP contribution is -2.48. The molecule has 1 spiro atoms. The Morgan fingerprint density at radius 1 is 1.29 bits per heavy atom. The Hall–Kier alpha value is -2.72. The highest BCUT2D eigenvalue weighted by atomic mass is 32.1. The van der Waals surface area contributed by atoms with Gasteiger partial charge in [0.1, 0.15) is 10.5 Å². The van der Waals surface area contributed by atoms with Gasteiger partial charge in [-0.2, -0.15) is 0 Å². The monoisotopic (exact) mass is 405 g/mol. The number of carbonyl (C=O) groups is 2. The maximum Gasteiger partial charge on any atom is 0.345 e. The van der Waals surface area contributed by atoms with Crippen molar-refractivity contribution in [1.29, 1.82) is 0 Å². The first kappa shape index (κ1) is 18.6. The number of thiophene rings is 1. The van der Waals surface area contributed by atoms with Crippen molar-refractivity contribution >= 4 is 23.2 Å². The van der Waals surface area contributed by atoms with Gasteiger partial charge in [0.25, 0.3) is 5.56 Å². The quantitative estimate of drug-likeness (QED) is 0.679. The van der Waals surface area contributed by atoms with Crippen molar-refractivity contribution in [3.05, 3.63) is 54.0 Å². The summed E-state index contributed by atoms with van der Waals surface area (Å²) < 4.78 is 6.09. The van der Waals surface area contributed by atoms with Crippen molar-refractivity contribution in [1.82, 2.24) is 14.9 Å². The number of nitrogens with one attached hydrogen (secondary N) is 2. The zero-order valence-electron chi connectivity index (χ0n) is 14.9. The van der Waals surface area contributed by atoms with Crippen molar-refractivity contribution in [3.8, 4) is 0 Å². The number of fused-ring (bicyclic) bond motifs is 2. The number of piperidine rings is 1. The molecule has 0 saturated carbocycles. The smallest absolute Gasteiger partial charge is 0.345 e. The fourth-order valence-electron chi connectivity index (χ4n) is 3.86. The number of carboxylic acid groups (broad SMARTS) is 1. The Morgan fingerprint density at radius 2 is 2.04 bits per heavy atom. The van der Waals surface area contributed by atoms with E-state index in [0.717, 1.165) is 10.4 Å². The number of hydrogen-bond donors (Lipinski definition) is 3. The lowest BCUT2D eigenvalue weighted by atomic mass is 9.85. The van der Waals surface area contributed by atoms with Crippen LogP contribution in [-0.2, 0) is 28.0 Å². The Labute approximate surface area is 163 Å². The molecule has 10 heteroatoms. The minimum absolute atomic E-state index is 0.0899. The van der Waals surface area contributed by atoms with E-state index in [2.05, 4.69) is 9.97 Å². The van der Waals surface area contributed by atoms with Gasteiger partial charge in [0.15, 0.2) is 0 Å². The number of aromatic amines is 2. The van der Waals surface area contributed by atoms with Gasteiger partial charge in [-0.3, -0.25) is 14.6 Å². The Balaban J connectivity index is 1.48. The van der Waals surface area contributed by atoms with Crippen LogP contribution >= 0.6 is 11.3 Å². The third-order valence-electron chi connectivity index (χ3n) is 5.35. The highest BCUT2D eigenvalue weighted by molar-refractivity contribution is 7.14. The van der Waals surface area contributed by atoms with Gasteiger partial charge in [0, 0.05) is 29.7 Å². The summed E-state index contributed by atoms with van der Waals surface area (Å²) in [5.41, 5.74) is -0.481. The molecule has 2 aromatic rings. The average molecular weight is 405 g/mol. The number of carbonyl (C=O) groups excluding carboxylic acids is 1. The predicted octanol–water partition coefficient (Wildman–Crippen LogP) is 0.456. The molecule has 1 amide bonds. The molecule has 2 aromatic heterocycles. The summed E-state index contributed by atoms with van der Waals surface area (Å²) >= 11 is 1.26. The Morgan fingerprint density at radius 3 is 2.71 bits per heavy atom. The van der Waals surface area contributed by atoms with E-state index in [0.29, 0.717) is 43.8 Å². The van der Waals surface area contributed by atoms with Crippen molar-refractivity contribution in [2.45, 2.75) is 31.3 Å². The molecule has 1 fully saturated rings. The molecule has 0 radical (unpaired) electrons. The van der Waals surface area contributed by atoms with E-state index in [1.165, 1.54) is 17.5 Å². The lowest BCUT2D eigenvalue weighted by molar-refractivity contribution is -0.139. The van der Waals surface area contributed by atoms with E-state index >= 15 is 0 Å². The molecule has 0 aromatic carbocycles. The molecule has 2 aliphatic heterocycles. The maximum atomic E-state index is 12.6. The molecule has 9 nitrogen and oxygen atoms in total. The zero-order valence-corrected chi connectivity index (χ0v) is 15.8. The topological polar surface area (TPSA) is 133 Å². The van der Waals surface area contributed by atoms with Gasteiger partial charge in [-0.15, -0.1) is 11.3 Å². The van der Waals surface area contributed by atoms with Gasteiger partial charge in [-0.1, -0.05) is 0 Å². The van der Waals surface area contributed by atoms with Crippen LogP contribution in [0, 0.1) is 0 Å². The second-order valence-electron chi connectivity index (χ2n) is 7.02. The van der Waals surface area contributed by atoms with Crippen molar-refractivity contribution in [2.24, 2.45) is 0 Å². The summed E-state index contributed by atoms with van der Waals surface area (Å²) in [7, 11) is 0. The van der Waals surface area contributed by atoms with Crippen LogP contribution in [0.15, 0.2) is 21.9 Å². The minimum atomic E-state index is -0.937. The fraction of sp³-hybridized carbons (Fsp3) is 0.444.